The second-order valence-corrected chi connectivity index (χ2v) is 7.37. The number of aryl methyl sites for hydroxylation is 1. The van der Waals surface area contributed by atoms with Crippen molar-refractivity contribution in [2.24, 2.45) is 0 Å². The van der Waals surface area contributed by atoms with Gasteiger partial charge in [-0.2, -0.15) is 0 Å². The Morgan fingerprint density at radius 3 is 2.33 bits per heavy atom. The first kappa shape index (κ1) is 21.4. The first-order valence-corrected chi connectivity index (χ1v) is 9.92. The summed E-state index contributed by atoms with van der Waals surface area (Å²) >= 11 is 0. The number of benzene rings is 2. The van der Waals surface area contributed by atoms with E-state index in [0.717, 1.165) is 25.0 Å². The van der Waals surface area contributed by atoms with Crippen molar-refractivity contribution in [2.45, 2.75) is 26.2 Å². The van der Waals surface area contributed by atoms with E-state index in [1.807, 2.05) is 30.3 Å². The van der Waals surface area contributed by atoms with Crippen molar-refractivity contribution >= 4 is 17.5 Å². The smallest absolute Gasteiger partial charge is 0.276 e. The Morgan fingerprint density at radius 1 is 1.07 bits per heavy atom. The average molecular weight is 413 g/mol. The number of halogens is 1. The molecule has 1 aliphatic heterocycles. The molecule has 2 aromatic rings. The Hall–Kier alpha value is -3.29. The molecule has 7 nitrogen and oxygen atoms in total. The second-order valence-electron chi connectivity index (χ2n) is 7.37. The van der Waals surface area contributed by atoms with Gasteiger partial charge in [-0.1, -0.05) is 30.3 Å². The number of rotatable bonds is 6. The van der Waals surface area contributed by atoms with Gasteiger partial charge in [-0.15, -0.1) is 0 Å². The van der Waals surface area contributed by atoms with Crippen LogP contribution in [-0.2, 0) is 11.2 Å². The monoisotopic (exact) mass is 413 g/mol. The third-order valence-electron chi connectivity index (χ3n) is 5.38. The van der Waals surface area contributed by atoms with E-state index in [1.54, 1.807) is 4.90 Å². The first-order chi connectivity index (χ1) is 14.4. The lowest BCUT2D eigenvalue weighted by atomic mass is 10.1. The van der Waals surface area contributed by atoms with Crippen molar-refractivity contribution < 1.29 is 18.9 Å². The maximum absolute atomic E-state index is 14.0. The molecule has 0 N–H and O–H groups in total. The van der Waals surface area contributed by atoms with Gasteiger partial charge in [-0.05, 0) is 31.4 Å². The molecule has 2 amide bonds. The van der Waals surface area contributed by atoms with Gasteiger partial charge in [0.1, 0.15) is 5.82 Å². The van der Waals surface area contributed by atoms with Gasteiger partial charge in [0.05, 0.1) is 10.5 Å². The standard InChI is InChI=1S/C22H24FN3O4/c1-16-19(23)14-18(15-20(16)26(29)30)22(28)25-12-10-24(11-13-25)21(27)9-5-8-17-6-3-2-4-7-17/h2-4,6-7,14-15H,5,8-13H2,1H3. The number of hydrogen-bond donors (Lipinski definition) is 0. The Morgan fingerprint density at radius 2 is 1.70 bits per heavy atom. The summed E-state index contributed by atoms with van der Waals surface area (Å²) in [6, 6.07) is 12.1. The number of piperazine rings is 1. The minimum atomic E-state index is -0.778. The van der Waals surface area contributed by atoms with Crippen LogP contribution in [0.4, 0.5) is 10.1 Å². The van der Waals surface area contributed by atoms with E-state index in [2.05, 4.69) is 0 Å². The highest BCUT2D eigenvalue weighted by molar-refractivity contribution is 5.95. The van der Waals surface area contributed by atoms with Crippen LogP contribution in [0.2, 0.25) is 0 Å². The van der Waals surface area contributed by atoms with Crippen LogP contribution in [0.3, 0.4) is 0 Å². The summed E-state index contributed by atoms with van der Waals surface area (Å²) in [6.07, 6.45) is 2.04. The van der Waals surface area contributed by atoms with Gasteiger partial charge in [-0.25, -0.2) is 4.39 Å². The van der Waals surface area contributed by atoms with E-state index in [4.69, 9.17) is 0 Å². The zero-order valence-corrected chi connectivity index (χ0v) is 16.8. The number of nitro benzene ring substituents is 1. The molecule has 8 heteroatoms. The topological polar surface area (TPSA) is 83.8 Å². The van der Waals surface area contributed by atoms with Gasteiger partial charge in [-0.3, -0.25) is 19.7 Å². The minimum absolute atomic E-state index is 0.0487. The van der Waals surface area contributed by atoms with Gasteiger partial charge >= 0.3 is 0 Å². The van der Waals surface area contributed by atoms with E-state index in [1.165, 1.54) is 17.4 Å². The molecular formula is C22H24FN3O4. The van der Waals surface area contributed by atoms with Gasteiger partial charge in [0.25, 0.3) is 11.6 Å². The number of amides is 2. The summed E-state index contributed by atoms with van der Waals surface area (Å²) in [7, 11) is 0. The molecule has 0 radical (unpaired) electrons. The summed E-state index contributed by atoms with van der Waals surface area (Å²) < 4.78 is 14.0. The number of nitro groups is 1. The molecule has 0 aromatic heterocycles. The molecule has 1 saturated heterocycles. The van der Waals surface area contributed by atoms with Crippen LogP contribution in [0.5, 0.6) is 0 Å². The summed E-state index contributed by atoms with van der Waals surface area (Å²) in [4.78, 5) is 38.7. The first-order valence-electron chi connectivity index (χ1n) is 9.92. The molecule has 0 bridgehead atoms. The molecule has 3 rings (SSSR count). The van der Waals surface area contributed by atoms with Crippen molar-refractivity contribution in [2.75, 3.05) is 26.2 Å². The fourth-order valence-corrected chi connectivity index (χ4v) is 3.57. The average Bonchev–Trinajstić information content (AvgIpc) is 2.75. The second kappa shape index (κ2) is 9.47. The van der Waals surface area contributed by atoms with E-state index in [0.29, 0.717) is 32.6 Å². The van der Waals surface area contributed by atoms with Crippen LogP contribution < -0.4 is 0 Å². The molecular weight excluding hydrogens is 389 g/mol. The summed E-state index contributed by atoms with van der Waals surface area (Å²) in [5, 5.41) is 11.1. The molecule has 1 heterocycles. The van der Waals surface area contributed by atoms with E-state index < -0.39 is 22.3 Å². The van der Waals surface area contributed by atoms with E-state index >= 15 is 0 Å². The van der Waals surface area contributed by atoms with Crippen molar-refractivity contribution in [3.63, 3.8) is 0 Å². The Balaban J connectivity index is 1.53. The predicted molar refractivity (Wildman–Crippen MR) is 110 cm³/mol. The maximum Gasteiger partial charge on any atom is 0.276 e. The highest BCUT2D eigenvalue weighted by atomic mass is 19.1. The quantitative estimate of drug-likeness (QED) is 0.537. The van der Waals surface area contributed by atoms with Gasteiger partial charge in [0, 0.05) is 44.2 Å². The van der Waals surface area contributed by atoms with Crippen LogP contribution in [-0.4, -0.2) is 52.7 Å². The highest BCUT2D eigenvalue weighted by Gasteiger charge is 2.27. The molecule has 158 valence electrons. The number of nitrogens with zero attached hydrogens (tertiary/aromatic N) is 3. The minimum Gasteiger partial charge on any atom is -0.339 e. The van der Waals surface area contributed by atoms with Crippen molar-refractivity contribution in [1.29, 1.82) is 0 Å². The largest absolute Gasteiger partial charge is 0.339 e. The summed E-state index contributed by atoms with van der Waals surface area (Å²) in [6.45, 7) is 2.72. The van der Waals surface area contributed by atoms with Crippen LogP contribution >= 0.6 is 0 Å². The number of carbonyl (C=O) groups excluding carboxylic acids is 2. The third kappa shape index (κ3) is 5.00. The van der Waals surface area contributed by atoms with Crippen LogP contribution in [0.15, 0.2) is 42.5 Å². The molecule has 0 spiro atoms. The molecule has 0 atom stereocenters. The summed E-state index contributed by atoms with van der Waals surface area (Å²) in [5.74, 6) is -1.19. The highest BCUT2D eigenvalue weighted by Crippen LogP contribution is 2.24. The van der Waals surface area contributed by atoms with Gasteiger partial charge in [0.2, 0.25) is 5.91 Å². The predicted octanol–water partition coefficient (Wildman–Crippen LogP) is 3.35. The lowest BCUT2D eigenvalue weighted by molar-refractivity contribution is -0.385. The van der Waals surface area contributed by atoms with E-state index in [-0.39, 0.29) is 17.0 Å². The molecule has 1 aliphatic rings. The summed E-state index contributed by atoms with van der Waals surface area (Å²) in [5.41, 5.74) is 0.639. The van der Waals surface area contributed by atoms with Crippen molar-refractivity contribution in [3.05, 3.63) is 75.1 Å². The van der Waals surface area contributed by atoms with Gasteiger partial charge < -0.3 is 9.80 Å². The Labute approximate surface area is 174 Å². The molecule has 30 heavy (non-hydrogen) atoms. The third-order valence-corrected chi connectivity index (χ3v) is 5.38. The molecule has 0 saturated carbocycles. The van der Waals surface area contributed by atoms with Crippen molar-refractivity contribution in [3.8, 4) is 0 Å². The molecule has 0 unspecified atom stereocenters. The maximum atomic E-state index is 14.0. The fourth-order valence-electron chi connectivity index (χ4n) is 3.57. The lowest BCUT2D eigenvalue weighted by Gasteiger charge is -2.35. The number of carbonyl (C=O) groups is 2. The van der Waals surface area contributed by atoms with Crippen molar-refractivity contribution in [1.82, 2.24) is 9.80 Å². The zero-order chi connectivity index (χ0) is 21.7. The van der Waals surface area contributed by atoms with E-state index in [9.17, 15) is 24.1 Å². The van der Waals surface area contributed by atoms with Crippen LogP contribution in [0, 0.1) is 22.9 Å². The fraction of sp³-hybridized carbons (Fsp3) is 0.364. The lowest BCUT2D eigenvalue weighted by Crippen LogP contribution is -2.50. The van der Waals surface area contributed by atoms with Crippen LogP contribution in [0.1, 0.15) is 34.3 Å². The Bertz CT molecular complexity index is 941. The number of hydrogen-bond acceptors (Lipinski definition) is 4. The van der Waals surface area contributed by atoms with Crippen LogP contribution in [0.25, 0.3) is 0 Å². The molecule has 0 aliphatic carbocycles. The van der Waals surface area contributed by atoms with Gasteiger partial charge in [0.15, 0.2) is 0 Å². The molecule has 1 fully saturated rings. The zero-order valence-electron chi connectivity index (χ0n) is 16.8. The SMILES string of the molecule is Cc1c(F)cc(C(=O)N2CCN(C(=O)CCCc3ccccc3)CC2)cc1[N+](=O)[O-]. The molecule has 2 aromatic carbocycles. The Kier molecular flexibility index (Phi) is 6.76. The normalized spacial score (nSPS) is 13.9.